The topological polar surface area (TPSA) is 78.4 Å². The maximum Gasteiger partial charge on any atom is 0.246 e. The van der Waals surface area contributed by atoms with Crippen molar-refractivity contribution in [3.63, 3.8) is 0 Å². The molecule has 146 valence electrons. The number of aryl methyl sites for hydroxylation is 2. The molecule has 0 radical (unpaired) electrons. The molecular weight excluding hydrogens is 379 g/mol. The van der Waals surface area contributed by atoms with E-state index in [4.69, 9.17) is 0 Å². The lowest BCUT2D eigenvalue weighted by Gasteiger charge is -2.10. The van der Waals surface area contributed by atoms with E-state index in [-0.39, 0.29) is 6.54 Å². The minimum Gasteiger partial charge on any atom is -0.357 e. The third-order valence-corrected chi connectivity index (χ3v) is 4.59. The van der Waals surface area contributed by atoms with Gasteiger partial charge in [-0.05, 0) is 32.9 Å². The molecule has 0 aliphatic carbocycles. The summed E-state index contributed by atoms with van der Waals surface area (Å²) in [5.74, 6) is -4.70. The zero-order chi connectivity index (χ0) is 20.0. The monoisotopic (exact) mass is 399 g/mol. The summed E-state index contributed by atoms with van der Waals surface area (Å²) in [5.41, 5.74) is 0.521. The summed E-state index contributed by atoms with van der Waals surface area (Å²) in [4.78, 5) is 21.5. The largest absolute Gasteiger partial charge is 0.357 e. The van der Waals surface area contributed by atoms with Crippen molar-refractivity contribution in [1.29, 1.82) is 0 Å². The standard InChI is InChI=1S/C17H20F3N5OS/c1-4-21-17(23-8-14-24-9(2)10(3)27-14)22-7-13(26)25-12-6-5-11(18)15(19)16(12)20/h5-6H,4,7-8H2,1-3H3,(H,25,26)(H2,21,22,23). The molecule has 0 aliphatic rings. The summed E-state index contributed by atoms with van der Waals surface area (Å²) >= 11 is 1.56. The molecule has 0 aliphatic heterocycles. The molecule has 6 nitrogen and oxygen atoms in total. The summed E-state index contributed by atoms with van der Waals surface area (Å²) in [6, 6.07) is 1.69. The number of anilines is 1. The number of amides is 1. The van der Waals surface area contributed by atoms with Crippen LogP contribution in [0.1, 0.15) is 22.5 Å². The Balaban J connectivity index is 1.97. The van der Waals surface area contributed by atoms with Crippen molar-refractivity contribution in [2.45, 2.75) is 27.3 Å². The van der Waals surface area contributed by atoms with Crippen molar-refractivity contribution < 1.29 is 18.0 Å². The van der Waals surface area contributed by atoms with Crippen LogP contribution < -0.4 is 16.0 Å². The van der Waals surface area contributed by atoms with E-state index in [0.29, 0.717) is 19.0 Å². The number of rotatable bonds is 6. The second-order valence-corrected chi connectivity index (χ2v) is 6.86. The number of aromatic nitrogens is 1. The molecule has 1 aromatic heterocycles. The predicted molar refractivity (Wildman–Crippen MR) is 99.4 cm³/mol. The molecule has 2 aromatic rings. The number of carbonyl (C=O) groups is 1. The number of nitrogens with one attached hydrogen (secondary N) is 3. The first-order chi connectivity index (χ1) is 12.8. The van der Waals surface area contributed by atoms with E-state index in [0.717, 1.165) is 27.7 Å². The smallest absolute Gasteiger partial charge is 0.246 e. The number of guanidine groups is 1. The lowest BCUT2D eigenvalue weighted by molar-refractivity contribution is -0.114. The Labute approximate surface area is 158 Å². The van der Waals surface area contributed by atoms with Gasteiger partial charge in [-0.25, -0.2) is 23.1 Å². The molecule has 0 unspecified atom stereocenters. The molecule has 0 atom stereocenters. The molecule has 0 spiro atoms. The molecule has 27 heavy (non-hydrogen) atoms. The van der Waals surface area contributed by atoms with Gasteiger partial charge in [-0.1, -0.05) is 0 Å². The number of carbonyl (C=O) groups excluding carboxylic acids is 1. The van der Waals surface area contributed by atoms with E-state index in [9.17, 15) is 18.0 Å². The minimum absolute atomic E-state index is 0.330. The fourth-order valence-electron chi connectivity index (χ4n) is 2.08. The summed E-state index contributed by atoms with van der Waals surface area (Å²) < 4.78 is 39.7. The van der Waals surface area contributed by atoms with Crippen molar-refractivity contribution >= 4 is 28.9 Å². The van der Waals surface area contributed by atoms with Gasteiger partial charge < -0.3 is 16.0 Å². The Bertz CT molecular complexity index is 834. The molecule has 0 bridgehead atoms. The number of benzene rings is 1. The number of thiazole rings is 1. The molecule has 3 N–H and O–H groups in total. The van der Waals surface area contributed by atoms with Gasteiger partial charge in [0.05, 0.1) is 17.9 Å². The van der Waals surface area contributed by atoms with Gasteiger partial charge in [0, 0.05) is 11.4 Å². The van der Waals surface area contributed by atoms with Crippen LogP contribution in [0.5, 0.6) is 0 Å². The first-order valence-corrected chi connectivity index (χ1v) is 9.01. The van der Waals surface area contributed by atoms with Gasteiger partial charge in [-0.15, -0.1) is 11.3 Å². The molecule has 2 rings (SSSR count). The molecule has 1 amide bonds. The second-order valence-electron chi connectivity index (χ2n) is 5.57. The van der Waals surface area contributed by atoms with Crippen LogP contribution >= 0.6 is 11.3 Å². The number of nitrogens with zero attached hydrogens (tertiary/aromatic N) is 2. The van der Waals surface area contributed by atoms with Crippen LogP contribution in [0.3, 0.4) is 0 Å². The molecule has 1 aromatic carbocycles. The number of halogens is 3. The normalized spacial score (nSPS) is 11.4. The van der Waals surface area contributed by atoms with Gasteiger partial charge in [-0.2, -0.15) is 0 Å². The van der Waals surface area contributed by atoms with Crippen molar-refractivity contribution in [2.75, 3.05) is 18.4 Å². The zero-order valence-electron chi connectivity index (χ0n) is 15.1. The molecule has 0 fully saturated rings. The van der Waals surface area contributed by atoms with Gasteiger partial charge in [0.25, 0.3) is 0 Å². The molecule has 10 heteroatoms. The van der Waals surface area contributed by atoms with E-state index in [1.165, 1.54) is 0 Å². The molecule has 0 saturated carbocycles. The van der Waals surface area contributed by atoms with Gasteiger partial charge in [0.2, 0.25) is 5.91 Å². The lowest BCUT2D eigenvalue weighted by atomic mass is 10.3. The molecular formula is C17H20F3N5OS. The first kappa shape index (κ1) is 20.7. The average molecular weight is 399 g/mol. The van der Waals surface area contributed by atoms with Crippen LogP contribution in [0.4, 0.5) is 18.9 Å². The zero-order valence-corrected chi connectivity index (χ0v) is 15.9. The number of aliphatic imine (C=N–C) groups is 1. The third kappa shape index (κ3) is 5.68. The summed E-state index contributed by atoms with van der Waals surface area (Å²) in [7, 11) is 0. The average Bonchev–Trinajstić information content (AvgIpc) is 2.96. The van der Waals surface area contributed by atoms with Gasteiger partial charge in [0.1, 0.15) is 11.6 Å². The highest BCUT2D eigenvalue weighted by Gasteiger charge is 2.15. The van der Waals surface area contributed by atoms with E-state index in [1.807, 2.05) is 20.8 Å². The van der Waals surface area contributed by atoms with Crippen LogP contribution in [-0.2, 0) is 11.3 Å². The van der Waals surface area contributed by atoms with E-state index in [2.05, 4.69) is 25.9 Å². The van der Waals surface area contributed by atoms with Gasteiger partial charge in [0.15, 0.2) is 23.4 Å². The van der Waals surface area contributed by atoms with Gasteiger partial charge >= 0.3 is 0 Å². The van der Waals surface area contributed by atoms with Crippen LogP contribution in [0.15, 0.2) is 17.1 Å². The maximum absolute atomic E-state index is 13.6. The van der Waals surface area contributed by atoms with Crippen molar-refractivity contribution in [2.24, 2.45) is 4.99 Å². The number of hydrogen-bond acceptors (Lipinski definition) is 4. The highest BCUT2D eigenvalue weighted by Crippen LogP contribution is 2.19. The quantitative estimate of drug-likeness (QED) is 0.397. The fraction of sp³-hybridized carbons (Fsp3) is 0.353. The summed E-state index contributed by atoms with van der Waals surface area (Å²) in [6.45, 7) is 6.45. The Morgan fingerprint density at radius 1 is 1.19 bits per heavy atom. The molecule has 1 heterocycles. The van der Waals surface area contributed by atoms with Crippen LogP contribution in [0.25, 0.3) is 0 Å². The van der Waals surface area contributed by atoms with Crippen LogP contribution in [-0.4, -0.2) is 29.9 Å². The third-order valence-electron chi connectivity index (χ3n) is 3.51. The SMILES string of the molecule is CCNC(=NCC(=O)Nc1ccc(F)c(F)c1F)NCc1nc(C)c(C)s1. The van der Waals surface area contributed by atoms with Crippen LogP contribution in [0.2, 0.25) is 0 Å². The predicted octanol–water partition coefficient (Wildman–Crippen LogP) is 2.87. The Morgan fingerprint density at radius 3 is 2.56 bits per heavy atom. The fourth-order valence-corrected chi connectivity index (χ4v) is 2.95. The first-order valence-electron chi connectivity index (χ1n) is 8.20. The Morgan fingerprint density at radius 2 is 1.93 bits per heavy atom. The summed E-state index contributed by atoms with van der Waals surface area (Å²) in [5, 5.41) is 9.07. The highest BCUT2D eigenvalue weighted by molar-refractivity contribution is 7.11. The second kappa shape index (κ2) is 9.36. The van der Waals surface area contributed by atoms with E-state index < -0.39 is 29.0 Å². The van der Waals surface area contributed by atoms with Crippen molar-refractivity contribution in [3.8, 4) is 0 Å². The Hall–Kier alpha value is -2.62. The summed E-state index contributed by atoms with van der Waals surface area (Å²) in [6.07, 6.45) is 0. The van der Waals surface area contributed by atoms with Crippen LogP contribution in [0, 0.1) is 31.3 Å². The number of hydrogen-bond donors (Lipinski definition) is 3. The van der Waals surface area contributed by atoms with E-state index in [1.54, 1.807) is 11.3 Å². The maximum atomic E-state index is 13.6. The van der Waals surface area contributed by atoms with Crippen molar-refractivity contribution in [3.05, 3.63) is 45.2 Å². The Kier molecular flexibility index (Phi) is 7.17. The minimum atomic E-state index is -1.64. The molecule has 0 saturated heterocycles. The van der Waals surface area contributed by atoms with Gasteiger partial charge in [-0.3, -0.25) is 4.79 Å². The van der Waals surface area contributed by atoms with Crippen molar-refractivity contribution in [1.82, 2.24) is 15.6 Å². The highest BCUT2D eigenvalue weighted by atomic mass is 32.1. The lowest BCUT2D eigenvalue weighted by Crippen LogP contribution is -2.37. The van der Waals surface area contributed by atoms with E-state index >= 15 is 0 Å².